The zero-order chi connectivity index (χ0) is 12.2. The molecule has 0 nitrogen and oxygen atoms in total. The molecule has 0 saturated heterocycles. The van der Waals surface area contributed by atoms with E-state index < -0.39 is 0 Å². The van der Waals surface area contributed by atoms with Crippen molar-refractivity contribution in [2.45, 2.75) is 0 Å². The van der Waals surface area contributed by atoms with Crippen LogP contribution in [0.1, 0.15) is 0 Å². The lowest BCUT2D eigenvalue weighted by Crippen LogP contribution is -1.47. The summed E-state index contributed by atoms with van der Waals surface area (Å²) >= 11 is 5.38. The quantitative estimate of drug-likeness (QED) is 0.345. The summed E-state index contributed by atoms with van der Waals surface area (Å²) in [6.45, 7) is 0.295. The summed E-state index contributed by atoms with van der Waals surface area (Å²) in [5.41, 5.74) is 0. The van der Waals surface area contributed by atoms with Gasteiger partial charge in [-0.25, -0.2) is 0 Å². The van der Waals surface area contributed by atoms with Crippen LogP contribution >= 0.6 is 111 Å². The summed E-state index contributed by atoms with van der Waals surface area (Å²) in [5.74, 6) is 0. The van der Waals surface area contributed by atoms with E-state index in [4.69, 9.17) is 11.8 Å². The Morgan fingerprint density at radius 1 is 0.733 bits per heavy atom. The van der Waals surface area contributed by atoms with Gasteiger partial charge in [0.15, 0.2) is 0 Å². The summed E-state index contributed by atoms with van der Waals surface area (Å²) in [4.78, 5) is 0. The minimum absolute atomic E-state index is 0.0273. The largest absolute Gasteiger partial charge is 0.102 e. The van der Waals surface area contributed by atoms with Crippen LogP contribution in [-0.2, 0) is 11.8 Å². The van der Waals surface area contributed by atoms with Crippen molar-refractivity contribution in [3.8, 4) is 0 Å². The van der Waals surface area contributed by atoms with Crippen LogP contribution < -0.4 is 0 Å². The van der Waals surface area contributed by atoms with Gasteiger partial charge < -0.3 is 0 Å². The first-order valence-corrected chi connectivity index (χ1v) is 28.7. The molecule has 15 heavy (non-hydrogen) atoms. The van der Waals surface area contributed by atoms with Gasteiger partial charge in [0, 0.05) is 14.0 Å². The van der Waals surface area contributed by atoms with E-state index in [0.717, 1.165) is 0 Å². The highest BCUT2D eigenvalue weighted by molar-refractivity contribution is 9.26. The molecule has 0 N–H and O–H groups in total. The molecule has 0 bridgehead atoms. The highest BCUT2D eigenvalue weighted by atomic mass is 33.3. The molecule has 0 spiro atoms. The Morgan fingerprint density at radius 2 is 1.13 bits per heavy atom. The summed E-state index contributed by atoms with van der Waals surface area (Å²) in [7, 11) is 22.4. The first-order chi connectivity index (χ1) is 6.82. The molecule has 0 fully saturated rings. The normalized spacial score (nSPS) is 17.0. The predicted octanol–water partition coefficient (Wildman–Crippen LogP) is 8.31. The van der Waals surface area contributed by atoms with Gasteiger partial charge in [0.1, 0.15) is 0 Å². The third kappa shape index (κ3) is 8.35. The van der Waals surface area contributed by atoms with Gasteiger partial charge in [-0.2, -0.15) is 0 Å². The summed E-state index contributed by atoms with van der Waals surface area (Å²) < 4.78 is 0. The number of hydrogen-bond acceptors (Lipinski definition) is 1. The van der Waals surface area contributed by atoms with Crippen molar-refractivity contribution in [1.82, 2.24) is 0 Å². The zero-order valence-electron chi connectivity index (χ0n) is 7.58. The van der Waals surface area contributed by atoms with E-state index in [0.29, 0.717) is 0 Å². The first kappa shape index (κ1) is 21.1. The van der Waals surface area contributed by atoms with Crippen molar-refractivity contribution in [3.63, 3.8) is 0 Å². The van der Waals surface area contributed by atoms with Crippen LogP contribution in [0, 0.1) is 0 Å². The molecule has 0 aliphatic rings. The van der Waals surface area contributed by atoms with E-state index >= 15 is 0 Å². The van der Waals surface area contributed by atoms with E-state index in [2.05, 4.69) is 62.5 Å². The van der Waals surface area contributed by atoms with Crippen LogP contribution in [-0.4, -0.2) is 0 Å². The van der Waals surface area contributed by atoms with Gasteiger partial charge in [-0.3, -0.25) is 0 Å². The second-order valence-electron chi connectivity index (χ2n) is 2.08. The predicted molar refractivity (Wildman–Crippen MR) is 124 cm³/mol. The molecule has 0 saturated carbocycles. The Kier molecular flexibility index (Phi) is 16.4. The third-order valence-corrected chi connectivity index (χ3v) is 86.3. The lowest BCUT2D eigenvalue weighted by molar-refractivity contribution is 4.59. The Morgan fingerprint density at radius 3 is 1.33 bits per heavy atom. The maximum atomic E-state index is 5.38. The lowest BCUT2D eigenvalue weighted by atomic mass is 28.7. The molecule has 90 valence electrons. The molecule has 0 rings (SSSR count). The third-order valence-electron chi connectivity index (χ3n) is 1.07. The van der Waals surface area contributed by atoms with Gasteiger partial charge in [-0.15, -0.1) is 62.5 Å². The van der Waals surface area contributed by atoms with E-state index in [-0.39, 0.29) is 41.9 Å². The van der Waals surface area contributed by atoms with Crippen molar-refractivity contribution in [1.29, 1.82) is 0 Å². The van der Waals surface area contributed by atoms with Crippen LogP contribution in [0.3, 0.4) is 0 Å². The van der Waals surface area contributed by atoms with E-state index in [9.17, 15) is 0 Å². The highest BCUT2D eigenvalue weighted by Gasteiger charge is 2.32. The minimum Gasteiger partial charge on any atom is -0.102 e. The Labute approximate surface area is 122 Å². The lowest BCUT2D eigenvalue weighted by Gasteiger charge is -2.35. The maximum Gasteiger partial charge on any atom is 0.0277 e. The molecule has 9 unspecified atom stereocenters. The fraction of sp³-hybridized carbons (Fsp3) is 0. The van der Waals surface area contributed by atoms with Crippen molar-refractivity contribution < 1.29 is 0 Å². The second-order valence-corrected chi connectivity index (χ2v) is 56.1. The Balaban J connectivity index is 4.81. The molecule has 0 aromatic carbocycles. The molecular weight excluding hydrogens is 466 g/mol. The molecule has 0 aliphatic heterocycles. The molecule has 0 radical (unpaired) electrons. The Hall–Kier alpha value is 6.11. The summed E-state index contributed by atoms with van der Waals surface area (Å²) in [6.07, 6.45) is 0. The van der Waals surface area contributed by atoms with Crippen LogP contribution in [0.4, 0.5) is 0 Å². The minimum atomic E-state index is 0.0273. The number of rotatable bonds is 6. The van der Waals surface area contributed by atoms with E-state index in [1.165, 1.54) is 7.04 Å². The van der Waals surface area contributed by atoms with Crippen LogP contribution in [0.2, 0.25) is 0 Å². The zero-order valence-corrected chi connectivity index (χ0v) is 22.7. The van der Waals surface area contributed by atoms with Crippen molar-refractivity contribution >= 4 is 123 Å². The Bertz CT molecular complexity index is 174. The van der Waals surface area contributed by atoms with Crippen LogP contribution in [0.25, 0.3) is 0 Å². The van der Waals surface area contributed by atoms with Crippen molar-refractivity contribution in [2.75, 3.05) is 0 Å². The molecule has 9 atom stereocenters. The monoisotopic (exact) mass is 480 g/mol. The molecule has 15 heteroatoms. The molecule has 0 aromatic heterocycles. The number of hydrogen-bond donors (Lipinski definition) is 0. The molecular formula is H14P14S. The van der Waals surface area contributed by atoms with E-state index in [1.807, 2.05) is 0 Å². The molecule has 0 heterocycles. The van der Waals surface area contributed by atoms with Gasteiger partial charge in [0.2, 0.25) is 0 Å². The van der Waals surface area contributed by atoms with Gasteiger partial charge in [0.25, 0.3) is 0 Å². The van der Waals surface area contributed by atoms with Gasteiger partial charge in [-0.1, -0.05) is 11.8 Å². The SMILES string of the molecule is PP(P)P(P)P(P=S)P(P(P)P)P(P)P. The van der Waals surface area contributed by atoms with Gasteiger partial charge in [-0.05, 0) is 34.9 Å². The molecule has 0 aliphatic carbocycles. The highest BCUT2D eigenvalue weighted by Crippen LogP contribution is 3.19. The fourth-order valence-corrected chi connectivity index (χ4v) is 133. The van der Waals surface area contributed by atoms with Gasteiger partial charge in [0.05, 0.1) is 0 Å². The van der Waals surface area contributed by atoms with Crippen LogP contribution in [0.15, 0.2) is 0 Å². The average Bonchev–Trinajstić information content (AvgIpc) is 2.10. The van der Waals surface area contributed by atoms with Crippen LogP contribution in [0.5, 0.6) is 0 Å². The maximum absolute atomic E-state index is 5.38. The fourth-order valence-electron chi connectivity index (χ4n) is 0.548. The topological polar surface area (TPSA) is 0 Å². The van der Waals surface area contributed by atoms with Crippen molar-refractivity contribution in [3.05, 3.63) is 0 Å². The summed E-state index contributed by atoms with van der Waals surface area (Å²) in [5, 5.41) is 0. The second kappa shape index (κ2) is 11.6. The van der Waals surface area contributed by atoms with Crippen molar-refractivity contribution in [2.24, 2.45) is 0 Å². The average molecular weight is 480 g/mol. The summed E-state index contributed by atoms with van der Waals surface area (Å²) in [6, 6.07) is 0. The molecule has 0 amide bonds. The van der Waals surface area contributed by atoms with Gasteiger partial charge >= 0.3 is 0 Å². The first-order valence-electron chi connectivity index (χ1n) is 3.19. The smallest absolute Gasteiger partial charge is 0.0277 e. The van der Waals surface area contributed by atoms with E-state index in [1.54, 1.807) is 0 Å². The molecule has 0 aromatic rings. The standard InChI is InChI=1S/H14P14S/c1-9(2)12(7)13(8-15)14(10(3)4)11(5)6/h1-7H2.